The van der Waals surface area contributed by atoms with E-state index in [4.69, 9.17) is 0 Å². The number of anilines is 1. The third-order valence-corrected chi connectivity index (χ3v) is 3.87. The number of thioether (sulfide) groups is 1. The second-order valence-electron chi connectivity index (χ2n) is 4.79. The molecule has 0 unspecified atom stereocenters. The maximum Gasteiger partial charge on any atom is 0.275 e. The summed E-state index contributed by atoms with van der Waals surface area (Å²) in [6, 6.07) is 11.0. The summed E-state index contributed by atoms with van der Waals surface area (Å²) in [7, 11) is 0. The second kappa shape index (κ2) is 6.07. The van der Waals surface area contributed by atoms with Crippen LogP contribution in [0.5, 0.6) is 0 Å². The largest absolute Gasteiger partial charge is 0.353 e. The SMILES string of the molecule is Cc1cc2nc(SCC(=O)Nc3ccccc3)[nH]c(=O)c2[nH]1. The fraction of sp³-hybridized carbons (Fsp3) is 0.133. The van der Waals surface area contributed by atoms with Gasteiger partial charge in [-0.25, -0.2) is 4.98 Å². The van der Waals surface area contributed by atoms with Crippen LogP contribution in [0, 0.1) is 6.92 Å². The third kappa shape index (κ3) is 3.20. The maximum absolute atomic E-state index is 11.9. The van der Waals surface area contributed by atoms with Gasteiger partial charge in [-0.1, -0.05) is 30.0 Å². The second-order valence-corrected chi connectivity index (χ2v) is 5.75. The maximum atomic E-state index is 11.9. The number of rotatable bonds is 4. The monoisotopic (exact) mass is 314 g/mol. The van der Waals surface area contributed by atoms with E-state index >= 15 is 0 Å². The zero-order chi connectivity index (χ0) is 15.5. The Hall–Kier alpha value is -2.54. The molecule has 0 bridgehead atoms. The summed E-state index contributed by atoms with van der Waals surface area (Å²) in [6.45, 7) is 1.86. The van der Waals surface area contributed by atoms with Crippen molar-refractivity contribution in [1.29, 1.82) is 0 Å². The van der Waals surface area contributed by atoms with Crippen molar-refractivity contribution in [3.05, 3.63) is 52.4 Å². The van der Waals surface area contributed by atoms with Crippen molar-refractivity contribution in [2.24, 2.45) is 0 Å². The molecule has 0 saturated carbocycles. The number of carbonyl (C=O) groups excluding carboxylic acids is 1. The van der Waals surface area contributed by atoms with E-state index < -0.39 is 0 Å². The van der Waals surface area contributed by atoms with Crippen LogP contribution in [0.3, 0.4) is 0 Å². The van der Waals surface area contributed by atoms with E-state index in [9.17, 15) is 9.59 Å². The molecule has 112 valence electrons. The van der Waals surface area contributed by atoms with Gasteiger partial charge in [-0.3, -0.25) is 14.6 Å². The van der Waals surface area contributed by atoms with Crippen LogP contribution in [-0.4, -0.2) is 26.6 Å². The lowest BCUT2D eigenvalue weighted by atomic mass is 10.3. The summed E-state index contributed by atoms with van der Waals surface area (Å²) in [5.41, 5.74) is 2.44. The van der Waals surface area contributed by atoms with Crippen LogP contribution in [0.25, 0.3) is 11.0 Å². The molecule has 0 saturated heterocycles. The van der Waals surface area contributed by atoms with Gasteiger partial charge < -0.3 is 10.3 Å². The van der Waals surface area contributed by atoms with Crippen molar-refractivity contribution in [2.75, 3.05) is 11.1 Å². The molecule has 0 aliphatic carbocycles. The van der Waals surface area contributed by atoms with Gasteiger partial charge in [-0.15, -0.1) is 0 Å². The minimum Gasteiger partial charge on any atom is -0.353 e. The first-order valence-electron chi connectivity index (χ1n) is 6.69. The van der Waals surface area contributed by atoms with E-state index in [1.807, 2.05) is 37.3 Å². The molecule has 1 aromatic carbocycles. The van der Waals surface area contributed by atoms with Crippen LogP contribution in [0.1, 0.15) is 5.69 Å². The highest BCUT2D eigenvalue weighted by Crippen LogP contribution is 2.16. The summed E-state index contributed by atoms with van der Waals surface area (Å²) in [5.74, 6) is 0.0245. The Morgan fingerprint density at radius 2 is 2.05 bits per heavy atom. The quantitative estimate of drug-likeness (QED) is 0.509. The number of carbonyl (C=O) groups is 1. The van der Waals surface area contributed by atoms with E-state index in [2.05, 4.69) is 20.3 Å². The molecule has 3 rings (SSSR count). The minimum absolute atomic E-state index is 0.149. The number of hydrogen-bond acceptors (Lipinski definition) is 4. The molecule has 0 atom stereocenters. The number of aromatic amines is 2. The smallest absolute Gasteiger partial charge is 0.275 e. The van der Waals surface area contributed by atoms with Gasteiger partial charge in [0.15, 0.2) is 5.16 Å². The van der Waals surface area contributed by atoms with Gasteiger partial charge in [-0.05, 0) is 25.1 Å². The number of hydrogen-bond donors (Lipinski definition) is 3. The van der Waals surface area contributed by atoms with Gasteiger partial charge in [0.05, 0.1) is 11.3 Å². The van der Waals surface area contributed by atoms with E-state index in [0.717, 1.165) is 11.4 Å². The first-order chi connectivity index (χ1) is 10.6. The number of amides is 1. The van der Waals surface area contributed by atoms with E-state index in [1.165, 1.54) is 11.8 Å². The molecule has 6 nitrogen and oxygen atoms in total. The lowest BCUT2D eigenvalue weighted by Gasteiger charge is -2.04. The van der Waals surface area contributed by atoms with Crippen LogP contribution < -0.4 is 10.9 Å². The van der Waals surface area contributed by atoms with Gasteiger partial charge in [0.2, 0.25) is 5.91 Å². The molecule has 0 aliphatic heterocycles. The molecule has 3 aromatic rings. The summed E-state index contributed by atoms with van der Waals surface area (Å²) in [5, 5.41) is 3.21. The minimum atomic E-state index is -0.232. The lowest BCUT2D eigenvalue weighted by molar-refractivity contribution is -0.113. The molecule has 3 N–H and O–H groups in total. The van der Waals surface area contributed by atoms with Crippen molar-refractivity contribution in [3.8, 4) is 0 Å². The zero-order valence-corrected chi connectivity index (χ0v) is 12.7. The highest BCUT2D eigenvalue weighted by atomic mass is 32.2. The highest BCUT2D eigenvalue weighted by Gasteiger charge is 2.09. The number of para-hydroxylation sites is 1. The Balaban J connectivity index is 1.68. The molecule has 0 spiro atoms. The number of fused-ring (bicyclic) bond motifs is 1. The van der Waals surface area contributed by atoms with E-state index in [0.29, 0.717) is 16.2 Å². The van der Waals surface area contributed by atoms with Gasteiger partial charge in [0.1, 0.15) is 5.52 Å². The summed E-state index contributed by atoms with van der Waals surface area (Å²) in [4.78, 5) is 33.7. The van der Waals surface area contributed by atoms with Gasteiger partial charge in [0.25, 0.3) is 5.56 Å². The fourth-order valence-corrected chi connectivity index (χ4v) is 2.72. The van der Waals surface area contributed by atoms with Crippen LogP contribution >= 0.6 is 11.8 Å². The van der Waals surface area contributed by atoms with E-state index in [-0.39, 0.29) is 17.2 Å². The Kier molecular flexibility index (Phi) is 3.97. The Morgan fingerprint density at radius 3 is 2.82 bits per heavy atom. The Morgan fingerprint density at radius 1 is 1.27 bits per heavy atom. The molecule has 1 amide bonds. The third-order valence-electron chi connectivity index (χ3n) is 3.00. The standard InChI is InChI=1S/C15H14N4O2S/c1-9-7-11-13(16-9)14(21)19-15(18-11)22-8-12(20)17-10-5-3-2-4-6-10/h2-7,16H,8H2,1H3,(H,17,20)(H,18,19,21). The topological polar surface area (TPSA) is 90.6 Å². The first-order valence-corrected chi connectivity index (χ1v) is 7.68. The predicted octanol–water partition coefficient (Wildman–Crippen LogP) is 2.29. The average Bonchev–Trinajstić information content (AvgIpc) is 2.87. The number of nitrogens with zero attached hydrogens (tertiary/aromatic N) is 1. The fourth-order valence-electron chi connectivity index (χ4n) is 2.05. The number of aromatic nitrogens is 3. The van der Waals surface area contributed by atoms with Crippen molar-refractivity contribution in [2.45, 2.75) is 12.1 Å². The lowest BCUT2D eigenvalue weighted by Crippen LogP contribution is -2.15. The Labute approximate surface area is 130 Å². The highest BCUT2D eigenvalue weighted by molar-refractivity contribution is 7.99. The molecule has 0 radical (unpaired) electrons. The Bertz CT molecular complexity index is 870. The van der Waals surface area contributed by atoms with Crippen LogP contribution in [-0.2, 0) is 4.79 Å². The van der Waals surface area contributed by atoms with Crippen molar-refractivity contribution < 1.29 is 4.79 Å². The number of aryl methyl sites for hydroxylation is 1. The zero-order valence-electron chi connectivity index (χ0n) is 11.8. The van der Waals surface area contributed by atoms with Crippen molar-refractivity contribution in [3.63, 3.8) is 0 Å². The average molecular weight is 314 g/mol. The van der Waals surface area contributed by atoms with Crippen LogP contribution in [0.15, 0.2) is 46.3 Å². The van der Waals surface area contributed by atoms with Gasteiger partial charge >= 0.3 is 0 Å². The number of H-pyrrole nitrogens is 2. The van der Waals surface area contributed by atoms with Crippen LogP contribution in [0.4, 0.5) is 5.69 Å². The summed E-state index contributed by atoms with van der Waals surface area (Å²) >= 11 is 1.19. The predicted molar refractivity (Wildman–Crippen MR) is 87.2 cm³/mol. The molecule has 0 fully saturated rings. The van der Waals surface area contributed by atoms with E-state index in [1.54, 1.807) is 6.07 Å². The molecule has 2 heterocycles. The van der Waals surface area contributed by atoms with Crippen molar-refractivity contribution >= 4 is 34.4 Å². The van der Waals surface area contributed by atoms with Gasteiger partial charge in [-0.2, -0.15) is 0 Å². The van der Waals surface area contributed by atoms with Crippen LogP contribution in [0.2, 0.25) is 0 Å². The van der Waals surface area contributed by atoms with Gasteiger partial charge in [0, 0.05) is 11.4 Å². The molecule has 2 aromatic heterocycles. The normalized spacial score (nSPS) is 10.8. The molecule has 22 heavy (non-hydrogen) atoms. The molecule has 7 heteroatoms. The molecular weight excluding hydrogens is 300 g/mol. The first kappa shape index (κ1) is 14.4. The number of benzene rings is 1. The molecular formula is C15H14N4O2S. The molecule has 0 aliphatic rings. The summed E-state index contributed by atoms with van der Waals surface area (Å²) in [6.07, 6.45) is 0. The number of nitrogens with one attached hydrogen (secondary N) is 3. The van der Waals surface area contributed by atoms with Crippen molar-refractivity contribution in [1.82, 2.24) is 15.0 Å². The summed E-state index contributed by atoms with van der Waals surface area (Å²) < 4.78 is 0.